The lowest BCUT2D eigenvalue weighted by atomic mass is 9.97. The third kappa shape index (κ3) is 3.41. The van der Waals surface area contributed by atoms with Gasteiger partial charge in [-0.2, -0.15) is 0 Å². The fourth-order valence-corrected chi connectivity index (χ4v) is 4.86. The first kappa shape index (κ1) is 20.8. The number of Topliss-reactive ketones (excluding diaryl/α,β-unsaturated/α-hetero) is 1. The first-order valence-electron chi connectivity index (χ1n) is 9.59. The predicted molar refractivity (Wildman–Crippen MR) is 118 cm³/mol. The van der Waals surface area contributed by atoms with Crippen LogP contribution in [0.25, 0.3) is 5.76 Å². The number of para-hydroxylation sites is 1. The molecule has 2 aromatic carbocycles. The maximum atomic E-state index is 14.0. The number of ether oxygens (including phenoxy) is 1. The molecule has 1 aromatic heterocycles. The normalized spacial score (nSPS) is 17.9. The van der Waals surface area contributed by atoms with Crippen molar-refractivity contribution in [1.82, 2.24) is 0 Å². The van der Waals surface area contributed by atoms with Crippen molar-refractivity contribution in [1.29, 1.82) is 0 Å². The van der Waals surface area contributed by atoms with Gasteiger partial charge >= 0.3 is 0 Å². The molecule has 0 radical (unpaired) electrons. The van der Waals surface area contributed by atoms with Crippen LogP contribution >= 0.6 is 11.3 Å². The third-order valence-electron chi connectivity index (χ3n) is 5.39. The van der Waals surface area contributed by atoms with Gasteiger partial charge in [0.25, 0.3) is 11.7 Å². The Bertz CT molecular complexity index is 1230. The topological polar surface area (TPSA) is 66.8 Å². The van der Waals surface area contributed by atoms with E-state index < -0.39 is 29.3 Å². The fourth-order valence-electron chi connectivity index (χ4n) is 3.84. The van der Waals surface area contributed by atoms with Crippen molar-refractivity contribution in [2.45, 2.75) is 19.9 Å². The number of carbonyl (C=O) groups is 2. The van der Waals surface area contributed by atoms with Crippen LogP contribution in [0.2, 0.25) is 0 Å². The number of halogens is 1. The number of rotatable bonds is 4. The van der Waals surface area contributed by atoms with Crippen molar-refractivity contribution in [3.63, 3.8) is 0 Å². The molecule has 1 fully saturated rings. The summed E-state index contributed by atoms with van der Waals surface area (Å²) in [5.41, 5.74) is 2.19. The number of aliphatic hydroxyl groups excluding tert-OH is 1. The summed E-state index contributed by atoms with van der Waals surface area (Å²) in [5.74, 6) is -2.44. The van der Waals surface area contributed by atoms with Gasteiger partial charge in [-0.15, -0.1) is 11.3 Å². The first-order chi connectivity index (χ1) is 14.8. The highest BCUT2D eigenvalue weighted by Crippen LogP contribution is 2.46. The van der Waals surface area contributed by atoms with Crippen LogP contribution in [-0.2, 0) is 9.59 Å². The quantitative estimate of drug-likeness (QED) is 0.349. The number of ketones is 1. The summed E-state index contributed by atoms with van der Waals surface area (Å²) in [7, 11) is 1.39. The van der Waals surface area contributed by atoms with Crippen LogP contribution < -0.4 is 9.64 Å². The maximum Gasteiger partial charge on any atom is 0.300 e. The SMILES string of the molecule is COc1ccc(F)cc1/C(O)=C1\C(=O)C(=O)N(c2ccccc2C)C1c1sccc1C. The minimum Gasteiger partial charge on any atom is -0.507 e. The Morgan fingerprint density at radius 1 is 1.10 bits per heavy atom. The molecular formula is C24H20FNO4S. The van der Waals surface area contributed by atoms with E-state index in [1.54, 1.807) is 12.1 Å². The zero-order chi connectivity index (χ0) is 22.3. The van der Waals surface area contributed by atoms with Crippen molar-refractivity contribution in [2.24, 2.45) is 0 Å². The Labute approximate surface area is 183 Å². The lowest BCUT2D eigenvalue weighted by Crippen LogP contribution is -2.30. The Morgan fingerprint density at radius 2 is 1.84 bits per heavy atom. The van der Waals surface area contributed by atoms with Gasteiger partial charge in [0, 0.05) is 10.6 Å². The van der Waals surface area contributed by atoms with Gasteiger partial charge in [0.05, 0.1) is 18.2 Å². The summed E-state index contributed by atoms with van der Waals surface area (Å²) in [4.78, 5) is 28.5. The van der Waals surface area contributed by atoms with E-state index in [2.05, 4.69) is 0 Å². The van der Waals surface area contributed by atoms with Crippen LogP contribution in [0.5, 0.6) is 5.75 Å². The first-order valence-corrected chi connectivity index (χ1v) is 10.5. The van der Waals surface area contributed by atoms with Gasteiger partial charge in [-0.3, -0.25) is 14.5 Å². The lowest BCUT2D eigenvalue weighted by molar-refractivity contribution is -0.132. The molecule has 3 aromatic rings. The molecule has 0 saturated carbocycles. The largest absolute Gasteiger partial charge is 0.507 e. The molecule has 1 amide bonds. The van der Waals surface area contributed by atoms with Crippen molar-refractivity contribution in [3.8, 4) is 5.75 Å². The van der Waals surface area contributed by atoms with E-state index in [1.807, 2.05) is 37.4 Å². The number of benzene rings is 2. The average molecular weight is 437 g/mol. The molecular weight excluding hydrogens is 417 g/mol. The number of thiophene rings is 1. The number of anilines is 1. The molecule has 2 heterocycles. The van der Waals surface area contributed by atoms with E-state index in [9.17, 15) is 19.1 Å². The van der Waals surface area contributed by atoms with Crippen LogP contribution in [-0.4, -0.2) is 23.9 Å². The summed E-state index contributed by atoms with van der Waals surface area (Å²) in [6, 6.07) is 12.0. The predicted octanol–water partition coefficient (Wildman–Crippen LogP) is 5.14. The Kier molecular flexibility index (Phi) is 5.37. The molecule has 7 heteroatoms. The third-order valence-corrected chi connectivity index (χ3v) is 6.46. The van der Waals surface area contributed by atoms with Gasteiger partial charge in [0.15, 0.2) is 0 Å². The van der Waals surface area contributed by atoms with Crippen LogP contribution in [0.1, 0.15) is 27.6 Å². The van der Waals surface area contributed by atoms with Crippen LogP contribution in [0.4, 0.5) is 10.1 Å². The molecule has 5 nitrogen and oxygen atoms in total. The molecule has 0 aliphatic carbocycles. The number of carbonyl (C=O) groups excluding carboxylic acids is 2. The number of hydrogen-bond acceptors (Lipinski definition) is 5. The number of methoxy groups -OCH3 is 1. The Hall–Kier alpha value is -3.45. The van der Waals surface area contributed by atoms with Crippen molar-refractivity contribution >= 4 is 34.5 Å². The summed E-state index contributed by atoms with van der Waals surface area (Å²) in [5, 5.41) is 13.0. The van der Waals surface area contributed by atoms with Gasteiger partial charge in [-0.1, -0.05) is 18.2 Å². The molecule has 31 heavy (non-hydrogen) atoms. The zero-order valence-corrected chi connectivity index (χ0v) is 18.0. The maximum absolute atomic E-state index is 14.0. The highest BCUT2D eigenvalue weighted by molar-refractivity contribution is 7.10. The van der Waals surface area contributed by atoms with Gasteiger partial charge in [0.2, 0.25) is 0 Å². The minimum absolute atomic E-state index is 0.0180. The number of aliphatic hydroxyl groups is 1. The second-order valence-corrected chi connectivity index (χ2v) is 8.22. The number of hydrogen-bond donors (Lipinski definition) is 1. The second-order valence-electron chi connectivity index (χ2n) is 7.27. The molecule has 0 bridgehead atoms. The molecule has 1 aliphatic heterocycles. The average Bonchev–Trinajstić information content (AvgIpc) is 3.28. The lowest BCUT2D eigenvalue weighted by Gasteiger charge is -2.26. The zero-order valence-electron chi connectivity index (χ0n) is 17.2. The second kappa shape index (κ2) is 8.00. The molecule has 158 valence electrons. The number of nitrogens with zero attached hydrogens (tertiary/aromatic N) is 1. The van der Waals surface area contributed by atoms with Gasteiger partial charge < -0.3 is 9.84 Å². The minimum atomic E-state index is -0.839. The van der Waals surface area contributed by atoms with E-state index >= 15 is 0 Å². The van der Waals surface area contributed by atoms with E-state index in [1.165, 1.54) is 35.5 Å². The van der Waals surface area contributed by atoms with Gasteiger partial charge in [-0.05, 0) is 60.7 Å². The number of aryl methyl sites for hydroxylation is 2. The fraction of sp³-hybridized carbons (Fsp3) is 0.167. The summed E-state index contributed by atoms with van der Waals surface area (Å²) < 4.78 is 19.2. The molecule has 1 aliphatic rings. The van der Waals surface area contributed by atoms with Crippen molar-refractivity contribution in [2.75, 3.05) is 12.0 Å². The summed E-state index contributed by atoms with van der Waals surface area (Å²) >= 11 is 1.39. The summed E-state index contributed by atoms with van der Waals surface area (Å²) in [6.07, 6.45) is 0. The molecule has 4 rings (SSSR count). The Balaban J connectivity index is 2.01. The number of amides is 1. The van der Waals surface area contributed by atoms with Crippen molar-refractivity contribution < 1.29 is 23.8 Å². The molecule has 1 atom stereocenters. The highest BCUT2D eigenvalue weighted by Gasteiger charge is 2.48. The van der Waals surface area contributed by atoms with E-state index in [0.717, 1.165) is 22.1 Å². The van der Waals surface area contributed by atoms with Crippen LogP contribution in [0.3, 0.4) is 0 Å². The Morgan fingerprint density at radius 3 is 2.48 bits per heavy atom. The van der Waals surface area contributed by atoms with Crippen LogP contribution in [0.15, 0.2) is 59.5 Å². The van der Waals surface area contributed by atoms with E-state index in [0.29, 0.717) is 5.69 Å². The molecule has 1 N–H and O–H groups in total. The molecule has 1 unspecified atom stereocenters. The van der Waals surface area contributed by atoms with E-state index in [-0.39, 0.29) is 16.9 Å². The van der Waals surface area contributed by atoms with Crippen molar-refractivity contribution in [3.05, 3.63) is 86.9 Å². The van der Waals surface area contributed by atoms with Gasteiger partial charge in [-0.25, -0.2) is 4.39 Å². The van der Waals surface area contributed by atoms with E-state index in [4.69, 9.17) is 4.74 Å². The van der Waals surface area contributed by atoms with Crippen LogP contribution in [0, 0.1) is 19.7 Å². The smallest absolute Gasteiger partial charge is 0.300 e. The summed E-state index contributed by atoms with van der Waals surface area (Å²) in [6.45, 7) is 3.73. The van der Waals surface area contributed by atoms with Gasteiger partial charge in [0.1, 0.15) is 23.4 Å². The standard InChI is InChI=1S/C24H20FNO4S/c1-13-6-4-5-7-17(13)26-20(23-14(2)10-11-31-23)19(22(28)24(26)29)21(27)16-12-15(25)8-9-18(16)30-3/h4-12,20,27H,1-3H3/b21-19+. The highest BCUT2D eigenvalue weighted by atomic mass is 32.1. The monoisotopic (exact) mass is 437 g/mol. The molecule has 0 spiro atoms. The molecule has 1 saturated heterocycles.